The van der Waals surface area contributed by atoms with Crippen molar-refractivity contribution in [1.29, 1.82) is 0 Å². The molecule has 31 nitrogen and oxygen atoms in total. The first-order chi connectivity index (χ1) is 69.3. The van der Waals surface area contributed by atoms with Crippen LogP contribution in [0.5, 0.6) is 40.2 Å². The predicted octanol–water partition coefficient (Wildman–Crippen LogP) is 22.0. The molecule has 21 rings (SSSR count). The first-order valence-electron chi connectivity index (χ1n) is 44.6. The highest BCUT2D eigenvalue weighted by Gasteiger charge is 2.26. The number of alkyl halides is 4. The number of rotatable bonds is 23. The van der Waals surface area contributed by atoms with Crippen molar-refractivity contribution in [2.75, 3.05) is 33.0 Å². The standard InChI is InChI=1S/C19H18N2O2.2C18H14F2N2O3.2C18H14N2O4.C18H14N2O3/c1-13(2)14-6-8-18(9-7-14)21-12-17(11-20-21)15-4-3-5-16(10-15)19(22)23;1-18(19,20)25-16-7-3-6-15(9-16)22-11-14(10-21-22)12-4-2-5-13(8-12)17(23)24;1-18(19,20)25-16-4-2-3-15(9-16)22-11-14(10-21-22)12-5-7-13(8-6-12)17(23)24;21-18(22)13-3-1-12(2-4-13)14-10-19-20(11-14)15-5-6-16-17(9-15)24-8-7-23-16;21-18(22)13-3-1-2-12(8-13)14-10-19-20(11-14)15-4-5-16-17(9-15)24-7-6-23-16;21-18(22)14-3-1-12(2-4-14)15-10-19-20(11-15)16-6-5-13-7-8-23-17(13)9-16/h3-13H,1-2H3,(H,22,23);2*2-11H,1H3,(H,23,24);1-6,9-11H,7-8H2,(H,21,22);1-5,8-11H,6-7H2,(H,21,22);1-6,9-11H,7-8H2,(H,21,22). The molecule has 9 heterocycles. The predicted molar refractivity (Wildman–Crippen MR) is 524 cm³/mol. The van der Waals surface area contributed by atoms with Crippen LogP contribution in [0.15, 0.2) is 347 Å². The molecule has 0 bridgehead atoms. The van der Waals surface area contributed by atoms with Gasteiger partial charge in [0.05, 0.1) is 111 Å². The van der Waals surface area contributed by atoms with Crippen LogP contribution in [0.2, 0.25) is 0 Å². The molecule has 0 unspecified atom stereocenters. The lowest BCUT2D eigenvalue weighted by molar-refractivity contribution is -0.159. The number of fused-ring (bicyclic) bond motifs is 3. The van der Waals surface area contributed by atoms with E-state index < -0.39 is 48.0 Å². The summed E-state index contributed by atoms with van der Waals surface area (Å²) in [6.45, 7) is 8.59. The number of aromatic carboxylic acids is 6. The van der Waals surface area contributed by atoms with Gasteiger partial charge in [-0.05, 0) is 190 Å². The molecule has 18 aromatic rings. The maximum Gasteiger partial charge on any atom is 0.394 e. The highest BCUT2D eigenvalue weighted by atomic mass is 19.3. The second-order valence-electron chi connectivity index (χ2n) is 33.0. The van der Waals surface area contributed by atoms with Gasteiger partial charge >= 0.3 is 48.0 Å². The lowest BCUT2D eigenvalue weighted by atomic mass is 10.0. The minimum absolute atomic E-state index is 0.0231. The Morgan fingerprint density at radius 1 is 0.278 bits per heavy atom. The second-order valence-corrected chi connectivity index (χ2v) is 33.0. The van der Waals surface area contributed by atoms with E-state index in [1.165, 1.54) is 63.0 Å². The maximum absolute atomic E-state index is 13.0. The first kappa shape index (κ1) is 98.1. The van der Waals surface area contributed by atoms with Gasteiger partial charge in [0.25, 0.3) is 0 Å². The van der Waals surface area contributed by atoms with Gasteiger partial charge in [-0.1, -0.05) is 117 Å². The zero-order valence-electron chi connectivity index (χ0n) is 77.1. The number of carboxylic acids is 6. The number of hydrogen-bond acceptors (Lipinski definition) is 19. The molecular weight excluding hydrogens is 1860 g/mol. The quantitative estimate of drug-likeness (QED) is 0.0324. The van der Waals surface area contributed by atoms with Gasteiger partial charge in [0, 0.05) is 121 Å². The Morgan fingerprint density at radius 3 is 0.861 bits per heavy atom. The van der Waals surface area contributed by atoms with E-state index in [1.807, 2.05) is 97.6 Å². The van der Waals surface area contributed by atoms with Crippen molar-refractivity contribution in [1.82, 2.24) is 58.7 Å². The molecule has 0 saturated heterocycles. The molecule has 144 heavy (non-hydrogen) atoms. The summed E-state index contributed by atoms with van der Waals surface area (Å²) in [7, 11) is 0. The van der Waals surface area contributed by atoms with Crippen LogP contribution < -0.4 is 33.2 Å². The van der Waals surface area contributed by atoms with Crippen LogP contribution in [0.25, 0.3) is 101 Å². The van der Waals surface area contributed by atoms with Crippen molar-refractivity contribution in [2.45, 2.75) is 52.3 Å². The van der Waals surface area contributed by atoms with E-state index in [0.29, 0.717) is 80.2 Å². The fourth-order valence-electron chi connectivity index (χ4n) is 15.0. The molecule has 726 valence electrons. The van der Waals surface area contributed by atoms with Crippen LogP contribution in [-0.2, 0) is 6.42 Å². The van der Waals surface area contributed by atoms with Crippen molar-refractivity contribution < 1.29 is 110 Å². The van der Waals surface area contributed by atoms with Gasteiger partial charge in [-0.15, -0.1) is 0 Å². The second kappa shape index (κ2) is 43.8. The van der Waals surface area contributed by atoms with Crippen LogP contribution in [-0.4, -0.2) is 170 Å². The topological polar surface area (TPSA) is 395 Å². The zero-order valence-corrected chi connectivity index (χ0v) is 77.1. The van der Waals surface area contributed by atoms with Crippen LogP contribution in [0.1, 0.15) is 107 Å². The Bertz CT molecular complexity index is 7670. The highest BCUT2D eigenvalue weighted by molar-refractivity contribution is 5.92. The maximum atomic E-state index is 13.0. The summed E-state index contributed by atoms with van der Waals surface area (Å²) < 4.78 is 98.9. The SMILES string of the molecule is CC(C)c1ccc(-n2cc(-c3cccc(C(=O)O)c3)cn2)cc1.CC(F)(F)Oc1cccc(-n2cc(-c3ccc(C(=O)O)cc3)cn2)c1.CC(F)(F)Oc1cccc(-n2cc(-c3cccc(C(=O)O)c3)cn2)c1.O=C(O)c1ccc(-c2cnn(-c3ccc4c(c3)OCC4)c2)cc1.O=C(O)c1ccc(-c2cnn(-c3ccc4c(c3)OCCO4)c2)cc1.O=C(O)c1cccc(-c2cnn(-c3ccc4c(c3)OCCO4)c2)c1. The number of carbonyl (C=O) groups is 6. The van der Waals surface area contributed by atoms with Crippen molar-refractivity contribution in [3.8, 4) is 141 Å². The van der Waals surface area contributed by atoms with Crippen LogP contribution in [0, 0.1) is 0 Å². The van der Waals surface area contributed by atoms with Crippen LogP contribution in [0.3, 0.4) is 0 Å². The minimum Gasteiger partial charge on any atom is -0.493 e. The summed E-state index contributed by atoms with van der Waals surface area (Å²) in [5.74, 6) is -1.40. The van der Waals surface area contributed by atoms with E-state index in [9.17, 15) is 46.3 Å². The summed E-state index contributed by atoms with van der Waals surface area (Å²) >= 11 is 0. The van der Waals surface area contributed by atoms with Gasteiger partial charge in [-0.3, -0.25) is 0 Å². The largest absolute Gasteiger partial charge is 0.493 e. The van der Waals surface area contributed by atoms with Crippen molar-refractivity contribution in [2.24, 2.45) is 0 Å². The van der Waals surface area contributed by atoms with E-state index in [2.05, 4.69) is 72.1 Å². The summed E-state index contributed by atoms with van der Waals surface area (Å²) in [6, 6.07) is 78.0. The highest BCUT2D eigenvalue weighted by Crippen LogP contribution is 2.38. The Balaban J connectivity index is 0.000000124. The minimum atomic E-state index is -3.27. The molecule has 0 aliphatic carbocycles. The summed E-state index contributed by atoms with van der Waals surface area (Å²) in [6.07, 6.45) is 15.5. The third-order valence-electron chi connectivity index (χ3n) is 22.3. The normalized spacial score (nSPS) is 12.0. The Kier molecular flexibility index (Phi) is 29.8. The molecule has 6 N–H and O–H groups in total. The Morgan fingerprint density at radius 2 is 0.549 bits per heavy atom. The van der Waals surface area contributed by atoms with Gasteiger partial charge in [-0.25, -0.2) is 56.9 Å². The fourth-order valence-corrected chi connectivity index (χ4v) is 15.0. The summed E-state index contributed by atoms with van der Waals surface area (Å²) in [4.78, 5) is 66.0. The Labute approximate surface area is 818 Å². The number of carboxylic acid groups (broad SMARTS) is 6. The van der Waals surface area contributed by atoms with E-state index in [-0.39, 0.29) is 44.9 Å². The Hall–Kier alpha value is -19.0. The van der Waals surface area contributed by atoms with Gasteiger partial charge in [0.1, 0.15) is 43.7 Å². The van der Waals surface area contributed by atoms with E-state index in [1.54, 1.807) is 208 Å². The fraction of sp³-hybridized carbons (Fsp3) is 0.119. The average molecular weight is 1950 g/mol. The zero-order chi connectivity index (χ0) is 101. The number of nitrogens with zero attached hydrogens (tertiary/aromatic N) is 12. The van der Waals surface area contributed by atoms with E-state index >= 15 is 0 Å². The molecule has 0 spiro atoms. The molecule has 3 aliphatic rings. The third kappa shape index (κ3) is 25.1. The molecular formula is C109H88F4N12O19. The van der Waals surface area contributed by atoms with Crippen LogP contribution >= 0.6 is 0 Å². The summed E-state index contributed by atoms with van der Waals surface area (Å²) in [5, 5.41) is 80.0. The molecule has 0 radical (unpaired) electrons. The number of halogens is 4. The molecule has 35 heteroatoms. The van der Waals surface area contributed by atoms with E-state index in [0.717, 1.165) is 109 Å². The lowest BCUT2D eigenvalue weighted by Crippen LogP contribution is -2.19. The molecule has 0 saturated carbocycles. The number of hydrogen-bond donors (Lipinski definition) is 6. The summed E-state index contributed by atoms with van der Waals surface area (Å²) in [5.41, 5.74) is 18.7. The first-order valence-corrected chi connectivity index (χ1v) is 44.6. The van der Waals surface area contributed by atoms with E-state index in [4.69, 9.17) is 54.3 Å². The molecule has 6 aromatic heterocycles. The van der Waals surface area contributed by atoms with Gasteiger partial charge in [0.15, 0.2) is 23.0 Å². The molecule has 0 fully saturated rings. The molecule has 12 aromatic carbocycles. The number of ether oxygens (including phenoxy) is 7. The smallest absolute Gasteiger partial charge is 0.394 e. The average Bonchev–Trinajstić information content (AvgIpc) is 1.65. The van der Waals surface area contributed by atoms with Crippen molar-refractivity contribution in [3.05, 3.63) is 392 Å². The lowest BCUT2D eigenvalue weighted by Gasteiger charge is -2.18. The molecule has 0 amide bonds. The van der Waals surface area contributed by atoms with Crippen LogP contribution in [0.4, 0.5) is 17.6 Å². The van der Waals surface area contributed by atoms with Gasteiger partial charge in [0.2, 0.25) is 0 Å². The number of aromatic nitrogens is 12. The van der Waals surface area contributed by atoms with Gasteiger partial charge in [-0.2, -0.15) is 48.2 Å². The monoisotopic (exact) mass is 1940 g/mol. The third-order valence-corrected chi connectivity index (χ3v) is 22.3. The van der Waals surface area contributed by atoms with Crippen molar-refractivity contribution >= 4 is 35.8 Å². The molecule has 0 atom stereocenters. The molecule has 3 aliphatic heterocycles. The number of benzene rings is 12. The van der Waals surface area contributed by atoms with Crippen molar-refractivity contribution in [3.63, 3.8) is 0 Å². The van der Waals surface area contributed by atoms with Gasteiger partial charge < -0.3 is 63.8 Å².